The maximum Gasteiger partial charge on any atom is 0.227 e. The van der Waals surface area contributed by atoms with Crippen LogP contribution in [0.4, 0.5) is 0 Å². The molecule has 1 aromatic carbocycles. The molecule has 2 unspecified atom stereocenters. The van der Waals surface area contributed by atoms with Crippen LogP contribution in [-0.2, 0) is 16.1 Å². The van der Waals surface area contributed by atoms with Gasteiger partial charge in [-0.1, -0.05) is 17.3 Å². The van der Waals surface area contributed by atoms with Gasteiger partial charge in [-0.15, -0.1) is 5.10 Å². The van der Waals surface area contributed by atoms with E-state index in [1.165, 1.54) is 0 Å². The number of nitrogens with two attached hydrogens (primary N) is 1. The van der Waals surface area contributed by atoms with Gasteiger partial charge in [0.05, 0.1) is 18.7 Å². The SMILES string of the molecule is NC(=O)C1CCN(C(=O)[C@H]2CN3CCC2C[C@@H]3Cn2cc(-c3cccc(O)c3)nn2)CC1. The van der Waals surface area contributed by atoms with Gasteiger partial charge in [-0.2, -0.15) is 0 Å². The van der Waals surface area contributed by atoms with Gasteiger partial charge in [0.1, 0.15) is 11.4 Å². The first-order valence-corrected chi connectivity index (χ1v) is 11.5. The Balaban J connectivity index is 1.20. The van der Waals surface area contributed by atoms with Crippen LogP contribution in [0.5, 0.6) is 5.75 Å². The lowest BCUT2D eigenvalue weighted by molar-refractivity contribution is -0.146. The Labute approximate surface area is 187 Å². The molecule has 4 fully saturated rings. The molecule has 0 radical (unpaired) electrons. The molecule has 5 heterocycles. The molecule has 9 nitrogen and oxygen atoms in total. The smallest absolute Gasteiger partial charge is 0.227 e. The fourth-order valence-electron chi connectivity index (χ4n) is 5.63. The van der Waals surface area contributed by atoms with E-state index in [1.807, 2.05) is 21.8 Å². The molecule has 6 rings (SSSR count). The molecule has 3 N–H and O–H groups in total. The van der Waals surface area contributed by atoms with Gasteiger partial charge >= 0.3 is 0 Å². The summed E-state index contributed by atoms with van der Waals surface area (Å²) in [5.41, 5.74) is 7.01. The lowest BCUT2D eigenvalue weighted by atomic mass is 9.74. The van der Waals surface area contributed by atoms with Crippen molar-refractivity contribution in [3.8, 4) is 17.0 Å². The average molecular weight is 439 g/mol. The minimum Gasteiger partial charge on any atom is -0.508 e. The zero-order chi connectivity index (χ0) is 22.2. The average Bonchev–Trinajstić information content (AvgIpc) is 3.27. The Kier molecular flexibility index (Phi) is 5.58. The molecule has 2 aromatic rings. The van der Waals surface area contributed by atoms with Gasteiger partial charge in [-0.25, -0.2) is 0 Å². The van der Waals surface area contributed by atoms with Crippen LogP contribution < -0.4 is 5.73 Å². The van der Waals surface area contributed by atoms with E-state index >= 15 is 0 Å². The Morgan fingerprint density at radius 3 is 2.66 bits per heavy atom. The fraction of sp³-hybridized carbons (Fsp3) is 0.565. The van der Waals surface area contributed by atoms with Crippen molar-refractivity contribution in [1.82, 2.24) is 24.8 Å². The number of aromatic nitrogens is 3. The lowest BCUT2D eigenvalue weighted by Crippen LogP contribution is -2.59. The van der Waals surface area contributed by atoms with Crippen molar-refractivity contribution in [2.24, 2.45) is 23.5 Å². The van der Waals surface area contributed by atoms with E-state index in [0.29, 0.717) is 37.9 Å². The highest BCUT2D eigenvalue weighted by Crippen LogP contribution is 2.38. The number of aromatic hydroxyl groups is 1. The number of fused-ring (bicyclic) bond motifs is 3. The third-order valence-corrected chi connectivity index (χ3v) is 7.48. The van der Waals surface area contributed by atoms with E-state index in [2.05, 4.69) is 15.2 Å². The van der Waals surface area contributed by atoms with Gasteiger partial charge in [-0.05, 0) is 50.3 Å². The van der Waals surface area contributed by atoms with Crippen LogP contribution in [0.2, 0.25) is 0 Å². The zero-order valence-corrected chi connectivity index (χ0v) is 18.1. The number of rotatable bonds is 5. The van der Waals surface area contributed by atoms with Crippen molar-refractivity contribution in [3.63, 3.8) is 0 Å². The number of likely N-dealkylation sites (tertiary alicyclic amines) is 1. The first kappa shape index (κ1) is 20.9. The van der Waals surface area contributed by atoms with E-state index in [4.69, 9.17) is 5.73 Å². The standard InChI is InChI=1S/C23H30N6O3/c24-22(31)15-4-7-27(8-5-15)23(32)20-13-28-9-6-16(20)10-18(28)12-29-14-21(25-26-29)17-2-1-3-19(30)11-17/h1-3,11,14-16,18,20,30H,4-10,12-13H2,(H2,24,31)/t16?,18-,20+/m1/s1. The highest BCUT2D eigenvalue weighted by atomic mass is 16.3. The van der Waals surface area contributed by atoms with E-state index in [1.54, 1.807) is 18.2 Å². The number of phenols is 1. The predicted molar refractivity (Wildman–Crippen MR) is 117 cm³/mol. The Bertz CT molecular complexity index is 999. The third kappa shape index (κ3) is 4.09. The normalized spacial score (nSPS) is 28.1. The molecule has 2 bridgehead atoms. The number of piperidine rings is 4. The third-order valence-electron chi connectivity index (χ3n) is 7.48. The number of carbonyl (C=O) groups excluding carboxylic acids is 2. The van der Waals surface area contributed by atoms with Crippen LogP contribution in [-0.4, -0.2) is 73.9 Å². The van der Waals surface area contributed by atoms with E-state index < -0.39 is 0 Å². The van der Waals surface area contributed by atoms with Crippen LogP contribution in [0.25, 0.3) is 11.3 Å². The summed E-state index contributed by atoms with van der Waals surface area (Å²) < 4.78 is 1.87. The minimum absolute atomic E-state index is 0.0451. The summed E-state index contributed by atoms with van der Waals surface area (Å²) in [6.45, 7) is 3.81. The molecule has 170 valence electrons. The number of benzene rings is 1. The van der Waals surface area contributed by atoms with Crippen LogP contribution in [0.15, 0.2) is 30.5 Å². The summed E-state index contributed by atoms with van der Waals surface area (Å²) in [6, 6.07) is 7.36. The molecule has 2 amide bonds. The van der Waals surface area contributed by atoms with Crippen molar-refractivity contribution in [2.45, 2.75) is 38.3 Å². The first-order valence-electron chi connectivity index (χ1n) is 11.5. The number of phenolic OH excluding ortho intramolecular Hbond substituents is 1. The van der Waals surface area contributed by atoms with Crippen LogP contribution in [0.1, 0.15) is 25.7 Å². The molecule has 4 aliphatic heterocycles. The molecule has 32 heavy (non-hydrogen) atoms. The second-order valence-corrected chi connectivity index (χ2v) is 9.42. The van der Waals surface area contributed by atoms with Gasteiger partial charge in [0, 0.05) is 37.2 Å². The highest BCUT2D eigenvalue weighted by Gasteiger charge is 2.45. The second-order valence-electron chi connectivity index (χ2n) is 9.42. The first-order chi connectivity index (χ1) is 15.5. The van der Waals surface area contributed by atoms with Gasteiger partial charge < -0.3 is 15.7 Å². The number of amides is 2. The summed E-state index contributed by atoms with van der Waals surface area (Å²) >= 11 is 0. The summed E-state index contributed by atoms with van der Waals surface area (Å²) in [6.07, 6.45) is 5.31. The number of hydrogen-bond donors (Lipinski definition) is 2. The van der Waals surface area contributed by atoms with Crippen molar-refractivity contribution in [3.05, 3.63) is 30.5 Å². The van der Waals surface area contributed by atoms with Crippen molar-refractivity contribution in [1.29, 1.82) is 0 Å². The molecule has 9 heteroatoms. The molecule has 1 aromatic heterocycles. The number of hydrogen-bond acceptors (Lipinski definition) is 6. The summed E-state index contributed by atoms with van der Waals surface area (Å²) in [5.74, 6) is 0.546. The second kappa shape index (κ2) is 8.54. The zero-order valence-electron chi connectivity index (χ0n) is 18.1. The van der Waals surface area contributed by atoms with Gasteiger partial charge in [0.25, 0.3) is 0 Å². The maximum absolute atomic E-state index is 13.2. The Morgan fingerprint density at radius 2 is 1.97 bits per heavy atom. The summed E-state index contributed by atoms with van der Waals surface area (Å²) in [7, 11) is 0. The minimum atomic E-state index is -0.247. The lowest BCUT2D eigenvalue weighted by Gasteiger charge is -2.50. The number of carbonyl (C=O) groups is 2. The van der Waals surface area contributed by atoms with Crippen LogP contribution in [0.3, 0.4) is 0 Å². The Morgan fingerprint density at radius 1 is 1.16 bits per heavy atom. The van der Waals surface area contributed by atoms with E-state index in [9.17, 15) is 14.7 Å². The van der Waals surface area contributed by atoms with Gasteiger partial charge in [-0.3, -0.25) is 19.2 Å². The number of primary amides is 1. The molecule has 0 aliphatic carbocycles. The topological polar surface area (TPSA) is 118 Å². The summed E-state index contributed by atoms with van der Waals surface area (Å²) in [4.78, 5) is 29.0. The van der Waals surface area contributed by atoms with E-state index in [0.717, 1.165) is 43.7 Å². The van der Waals surface area contributed by atoms with Crippen molar-refractivity contribution < 1.29 is 14.7 Å². The monoisotopic (exact) mass is 438 g/mol. The largest absolute Gasteiger partial charge is 0.508 e. The molecule has 0 saturated carbocycles. The van der Waals surface area contributed by atoms with E-state index in [-0.39, 0.29) is 29.4 Å². The van der Waals surface area contributed by atoms with Crippen molar-refractivity contribution in [2.75, 3.05) is 26.2 Å². The Hall–Kier alpha value is -2.94. The molecule has 4 aliphatic rings. The van der Waals surface area contributed by atoms with Gasteiger partial charge in [0.15, 0.2) is 0 Å². The molecular formula is C23H30N6O3. The highest BCUT2D eigenvalue weighted by molar-refractivity contribution is 5.81. The maximum atomic E-state index is 13.2. The molecule has 4 atom stereocenters. The molecular weight excluding hydrogens is 408 g/mol. The van der Waals surface area contributed by atoms with Crippen molar-refractivity contribution >= 4 is 11.8 Å². The predicted octanol–water partition coefficient (Wildman–Crippen LogP) is 1.08. The fourth-order valence-corrected chi connectivity index (χ4v) is 5.63. The molecule has 0 spiro atoms. The van der Waals surface area contributed by atoms with Crippen LogP contribution in [0, 0.1) is 17.8 Å². The summed E-state index contributed by atoms with van der Waals surface area (Å²) in [5, 5.41) is 18.3. The number of nitrogens with zero attached hydrogens (tertiary/aromatic N) is 5. The molecule has 4 saturated heterocycles. The quantitative estimate of drug-likeness (QED) is 0.722. The van der Waals surface area contributed by atoms with Crippen LogP contribution >= 0.6 is 0 Å². The van der Waals surface area contributed by atoms with Gasteiger partial charge in [0.2, 0.25) is 11.8 Å².